The summed E-state index contributed by atoms with van der Waals surface area (Å²) in [5.74, 6) is 3.73. The van der Waals surface area contributed by atoms with Gasteiger partial charge in [0.15, 0.2) is 0 Å². The second-order valence-electron chi connectivity index (χ2n) is 15.2. The van der Waals surface area contributed by atoms with Gasteiger partial charge in [-0.3, -0.25) is 4.57 Å². The van der Waals surface area contributed by atoms with E-state index in [4.69, 9.17) is 14.8 Å². The molecule has 0 aliphatic carbocycles. The molecule has 0 aliphatic rings. The Morgan fingerprint density at radius 2 is 1.57 bits per heavy atom. The Labute approximate surface area is 315 Å². The second-order valence-corrected chi connectivity index (χ2v) is 15.2. The summed E-state index contributed by atoms with van der Waals surface area (Å²) in [5.41, 5.74) is 11.6. The number of fused-ring (bicyclic) bond motifs is 3. The van der Waals surface area contributed by atoms with Gasteiger partial charge in [0.25, 0.3) is 0 Å². The molecular formula is C48H54N4O. The third-order valence-corrected chi connectivity index (χ3v) is 10.9. The molecule has 0 aliphatic heterocycles. The Kier molecular flexibility index (Phi) is 10.8. The van der Waals surface area contributed by atoms with E-state index in [1.165, 1.54) is 70.7 Å². The number of unbranched alkanes of at least 4 members (excludes halogenated alkanes) is 2. The average molecular weight is 703 g/mol. The first-order valence-corrected chi connectivity index (χ1v) is 19.7. The lowest BCUT2D eigenvalue weighted by Gasteiger charge is -2.17. The molecule has 0 N–H and O–H groups in total. The number of hydrogen-bond donors (Lipinski definition) is 0. The molecule has 2 unspecified atom stereocenters. The third-order valence-electron chi connectivity index (χ3n) is 10.9. The number of pyridine rings is 1. The van der Waals surface area contributed by atoms with E-state index >= 15 is 0 Å². The molecule has 7 rings (SSSR count). The highest BCUT2D eigenvalue weighted by Crippen LogP contribution is 2.38. The van der Waals surface area contributed by atoms with Crippen LogP contribution in [0.15, 0.2) is 103 Å². The van der Waals surface area contributed by atoms with Crippen LogP contribution in [0.4, 0.5) is 0 Å². The molecule has 3 aromatic heterocycles. The summed E-state index contributed by atoms with van der Waals surface area (Å²) in [6.07, 6.45) is 10.1. The molecule has 0 saturated carbocycles. The van der Waals surface area contributed by atoms with Gasteiger partial charge in [0.05, 0.1) is 22.4 Å². The fourth-order valence-electron chi connectivity index (χ4n) is 8.23. The van der Waals surface area contributed by atoms with Crippen molar-refractivity contribution in [1.29, 1.82) is 0 Å². The molecule has 2 atom stereocenters. The highest BCUT2D eigenvalue weighted by Gasteiger charge is 2.19. The first-order valence-electron chi connectivity index (χ1n) is 19.7. The summed E-state index contributed by atoms with van der Waals surface area (Å²) in [4.78, 5) is 4.86. The van der Waals surface area contributed by atoms with Crippen LogP contribution in [0.25, 0.3) is 44.4 Å². The first kappa shape index (κ1) is 36.2. The Bertz CT molecular complexity index is 2350. The number of ether oxygens (including phenoxy) is 1. The monoisotopic (exact) mass is 702 g/mol. The predicted molar refractivity (Wildman–Crippen MR) is 222 cm³/mol. The van der Waals surface area contributed by atoms with Crippen LogP contribution in [-0.4, -0.2) is 19.3 Å². The summed E-state index contributed by atoms with van der Waals surface area (Å²) in [6, 6.07) is 35.0. The smallest absolute Gasteiger partial charge is 0.137 e. The molecule has 7 aromatic rings. The summed E-state index contributed by atoms with van der Waals surface area (Å²) in [5, 5.41) is 7.51. The molecule has 272 valence electrons. The molecule has 5 nitrogen and oxygen atoms in total. The van der Waals surface area contributed by atoms with Gasteiger partial charge in [-0.15, -0.1) is 0 Å². The maximum atomic E-state index is 6.82. The van der Waals surface area contributed by atoms with Gasteiger partial charge in [-0.2, -0.15) is 5.10 Å². The van der Waals surface area contributed by atoms with Gasteiger partial charge in [0.2, 0.25) is 0 Å². The SMILES string of the molecule is CCCCCc1cc(Oc2ccc3c4cc(C(C)CC(C)CCC)ccc4n(-c4cc(C)ccn4)c3c2)cc(-n2nc(C)c(-c3ccccc3)c2C)c1. The lowest BCUT2D eigenvalue weighted by atomic mass is 9.88. The van der Waals surface area contributed by atoms with Gasteiger partial charge < -0.3 is 4.74 Å². The molecule has 0 fully saturated rings. The van der Waals surface area contributed by atoms with E-state index in [2.05, 4.69) is 155 Å². The molecule has 53 heavy (non-hydrogen) atoms. The molecule has 0 radical (unpaired) electrons. The van der Waals surface area contributed by atoms with Gasteiger partial charge in [0, 0.05) is 40.4 Å². The molecule has 0 amide bonds. The van der Waals surface area contributed by atoms with E-state index in [1.807, 2.05) is 6.20 Å². The zero-order valence-electron chi connectivity index (χ0n) is 32.6. The van der Waals surface area contributed by atoms with E-state index in [1.54, 1.807) is 0 Å². The van der Waals surface area contributed by atoms with Crippen molar-refractivity contribution in [3.8, 4) is 34.1 Å². The van der Waals surface area contributed by atoms with E-state index < -0.39 is 0 Å². The minimum atomic E-state index is 0.490. The average Bonchev–Trinajstić information content (AvgIpc) is 3.64. The molecule has 0 bridgehead atoms. The molecular weight excluding hydrogens is 649 g/mol. The Balaban J connectivity index is 1.31. The minimum Gasteiger partial charge on any atom is -0.457 e. The standard InChI is InChI=1S/C48H54N4O/c1-8-10-12-16-37-27-40(52-36(7)48(35(6)50-52)38-17-13-11-14-18-38)30-42(28-37)53-41-20-21-43-44-29-39(34(5)25-32(3)15-9-2)19-22-45(44)51(46(43)31-41)47-26-33(4)23-24-49-47/h11,13-14,17-24,26-32,34H,8-10,12,15-16,25H2,1-7H3. The fourth-order valence-corrected chi connectivity index (χ4v) is 8.23. The van der Waals surface area contributed by atoms with Crippen LogP contribution in [0.2, 0.25) is 0 Å². The number of aryl methyl sites for hydroxylation is 3. The Morgan fingerprint density at radius 3 is 2.34 bits per heavy atom. The van der Waals surface area contributed by atoms with Crippen molar-refractivity contribution in [1.82, 2.24) is 19.3 Å². The molecule has 4 aromatic carbocycles. The van der Waals surface area contributed by atoms with Crippen molar-refractivity contribution in [2.24, 2.45) is 5.92 Å². The highest BCUT2D eigenvalue weighted by atomic mass is 16.5. The van der Waals surface area contributed by atoms with E-state index in [0.29, 0.717) is 11.8 Å². The van der Waals surface area contributed by atoms with Gasteiger partial charge in [-0.05, 0) is 123 Å². The maximum Gasteiger partial charge on any atom is 0.137 e. The number of hydrogen-bond acceptors (Lipinski definition) is 3. The summed E-state index contributed by atoms with van der Waals surface area (Å²) in [7, 11) is 0. The largest absolute Gasteiger partial charge is 0.457 e. The van der Waals surface area contributed by atoms with Crippen molar-refractivity contribution in [2.45, 2.75) is 99.3 Å². The van der Waals surface area contributed by atoms with Crippen LogP contribution >= 0.6 is 0 Å². The van der Waals surface area contributed by atoms with Crippen molar-refractivity contribution in [2.75, 3.05) is 0 Å². The van der Waals surface area contributed by atoms with Crippen molar-refractivity contribution < 1.29 is 4.74 Å². The zero-order valence-corrected chi connectivity index (χ0v) is 32.6. The van der Waals surface area contributed by atoms with Gasteiger partial charge in [-0.25, -0.2) is 9.67 Å². The molecule has 0 spiro atoms. The van der Waals surface area contributed by atoms with Crippen LogP contribution in [0, 0.1) is 26.7 Å². The van der Waals surface area contributed by atoms with Crippen LogP contribution in [0.5, 0.6) is 11.5 Å². The summed E-state index contributed by atoms with van der Waals surface area (Å²) in [6.45, 7) is 15.7. The second kappa shape index (κ2) is 15.8. The lowest BCUT2D eigenvalue weighted by Crippen LogP contribution is -2.02. The quantitative estimate of drug-likeness (QED) is 0.106. The van der Waals surface area contributed by atoms with Crippen molar-refractivity contribution in [3.05, 3.63) is 131 Å². The van der Waals surface area contributed by atoms with Crippen LogP contribution < -0.4 is 4.74 Å². The van der Waals surface area contributed by atoms with Crippen molar-refractivity contribution in [3.63, 3.8) is 0 Å². The van der Waals surface area contributed by atoms with E-state index in [0.717, 1.165) is 58.3 Å². The van der Waals surface area contributed by atoms with Crippen LogP contribution in [0.1, 0.15) is 100 Å². The Morgan fingerprint density at radius 1 is 0.736 bits per heavy atom. The molecule has 3 heterocycles. The Hall–Kier alpha value is -5.16. The summed E-state index contributed by atoms with van der Waals surface area (Å²) < 4.78 is 11.2. The van der Waals surface area contributed by atoms with Gasteiger partial charge >= 0.3 is 0 Å². The topological polar surface area (TPSA) is 44.9 Å². The van der Waals surface area contributed by atoms with Crippen LogP contribution in [0.3, 0.4) is 0 Å². The number of rotatable bonds is 14. The zero-order chi connectivity index (χ0) is 37.1. The summed E-state index contributed by atoms with van der Waals surface area (Å²) >= 11 is 0. The predicted octanol–water partition coefficient (Wildman–Crippen LogP) is 13.4. The van der Waals surface area contributed by atoms with E-state index in [9.17, 15) is 0 Å². The lowest BCUT2D eigenvalue weighted by molar-refractivity contribution is 0.449. The van der Waals surface area contributed by atoms with Crippen molar-refractivity contribution >= 4 is 21.8 Å². The molecule has 0 saturated heterocycles. The number of aromatic nitrogens is 4. The number of benzene rings is 4. The third kappa shape index (κ3) is 7.67. The first-order chi connectivity index (χ1) is 25.7. The van der Waals surface area contributed by atoms with E-state index in [-0.39, 0.29) is 0 Å². The van der Waals surface area contributed by atoms with Gasteiger partial charge in [0.1, 0.15) is 17.3 Å². The highest BCUT2D eigenvalue weighted by molar-refractivity contribution is 6.09. The number of nitrogens with zero attached hydrogens (tertiary/aromatic N) is 4. The maximum absolute atomic E-state index is 6.82. The molecule has 5 heteroatoms. The normalized spacial score (nSPS) is 12.8. The van der Waals surface area contributed by atoms with Gasteiger partial charge in [-0.1, -0.05) is 89.8 Å². The minimum absolute atomic E-state index is 0.490. The fraction of sp³-hybridized carbons (Fsp3) is 0.333. The van der Waals surface area contributed by atoms with Crippen LogP contribution in [-0.2, 0) is 6.42 Å².